The lowest BCUT2D eigenvalue weighted by Gasteiger charge is -2.22. The number of hydrogen-bond donors (Lipinski definition) is 2. The van der Waals surface area contributed by atoms with Gasteiger partial charge in [0.2, 0.25) is 0 Å². The van der Waals surface area contributed by atoms with Crippen molar-refractivity contribution in [1.29, 1.82) is 0 Å². The van der Waals surface area contributed by atoms with E-state index in [4.69, 9.17) is 12.2 Å². The predicted octanol–water partition coefficient (Wildman–Crippen LogP) is 4.88. The van der Waals surface area contributed by atoms with Crippen LogP contribution in [0.3, 0.4) is 0 Å². The Kier molecular flexibility index (Phi) is 5.50. The zero-order valence-electron chi connectivity index (χ0n) is 13.1. The second kappa shape index (κ2) is 7.36. The molecule has 2 aromatic rings. The van der Waals surface area contributed by atoms with Crippen LogP contribution >= 0.6 is 12.2 Å². The lowest BCUT2D eigenvalue weighted by Crippen LogP contribution is -2.32. The van der Waals surface area contributed by atoms with E-state index in [2.05, 4.69) is 49.6 Å². The van der Waals surface area contributed by atoms with Crippen LogP contribution in [0.1, 0.15) is 36.1 Å². The Morgan fingerprint density at radius 3 is 2.59 bits per heavy atom. The first kappa shape index (κ1) is 16.4. The van der Waals surface area contributed by atoms with Crippen molar-refractivity contribution >= 4 is 23.0 Å². The lowest BCUT2D eigenvalue weighted by molar-refractivity contribution is 0.624. The van der Waals surface area contributed by atoms with Gasteiger partial charge in [0, 0.05) is 5.69 Å². The van der Waals surface area contributed by atoms with Crippen molar-refractivity contribution in [1.82, 2.24) is 5.32 Å². The fourth-order valence-electron chi connectivity index (χ4n) is 2.51. The van der Waals surface area contributed by atoms with Gasteiger partial charge >= 0.3 is 0 Å². The van der Waals surface area contributed by atoms with Crippen LogP contribution in [-0.2, 0) is 0 Å². The number of hydrogen-bond acceptors (Lipinski definition) is 1. The third-order valence-corrected chi connectivity index (χ3v) is 3.82. The molecule has 2 aromatic carbocycles. The zero-order chi connectivity index (χ0) is 16.1. The first-order valence-electron chi connectivity index (χ1n) is 7.40. The minimum absolute atomic E-state index is 0.133. The van der Waals surface area contributed by atoms with Gasteiger partial charge in [0.15, 0.2) is 5.11 Å². The summed E-state index contributed by atoms with van der Waals surface area (Å²) < 4.78 is 13.2. The second-order valence-corrected chi connectivity index (χ2v) is 5.84. The molecule has 0 aliphatic rings. The summed E-state index contributed by atoms with van der Waals surface area (Å²) in [6.45, 7) is 6.30. The van der Waals surface area contributed by atoms with Crippen molar-refractivity contribution in [3.05, 3.63) is 65.0 Å². The van der Waals surface area contributed by atoms with Crippen molar-refractivity contribution in [2.75, 3.05) is 5.32 Å². The molecule has 0 fully saturated rings. The Hall–Kier alpha value is -1.94. The van der Waals surface area contributed by atoms with Gasteiger partial charge in [-0.1, -0.05) is 36.8 Å². The summed E-state index contributed by atoms with van der Waals surface area (Å²) in [6, 6.07) is 12.8. The van der Waals surface area contributed by atoms with Gasteiger partial charge in [-0.05, 0) is 61.8 Å². The Labute approximate surface area is 136 Å². The fraction of sp³-hybridized carbons (Fsp3) is 0.278. The van der Waals surface area contributed by atoms with Crippen LogP contribution in [0.15, 0.2) is 42.5 Å². The van der Waals surface area contributed by atoms with Crippen molar-refractivity contribution in [2.24, 2.45) is 0 Å². The van der Waals surface area contributed by atoms with E-state index in [1.165, 1.54) is 28.8 Å². The van der Waals surface area contributed by atoms with E-state index in [0.29, 0.717) is 10.8 Å². The molecule has 0 aromatic heterocycles. The summed E-state index contributed by atoms with van der Waals surface area (Å²) in [7, 11) is 0. The van der Waals surface area contributed by atoms with Crippen LogP contribution in [0.5, 0.6) is 0 Å². The largest absolute Gasteiger partial charge is 0.356 e. The molecule has 0 amide bonds. The minimum atomic E-state index is -0.283. The van der Waals surface area contributed by atoms with Crippen LogP contribution in [-0.4, -0.2) is 5.11 Å². The summed E-state index contributed by atoms with van der Waals surface area (Å²) in [6.07, 6.45) is 0.912. The first-order chi connectivity index (χ1) is 10.5. The molecule has 4 heteroatoms. The number of thiocarbonyl (C=S) groups is 1. The summed E-state index contributed by atoms with van der Waals surface area (Å²) in [5, 5.41) is 6.84. The quantitative estimate of drug-likeness (QED) is 0.786. The Balaban J connectivity index is 2.08. The predicted molar refractivity (Wildman–Crippen MR) is 94.7 cm³/mol. The second-order valence-electron chi connectivity index (χ2n) is 5.43. The number of aryl methyl sites for hydroxylation is 2. The number of halogens is 1. The van der Waals surface area contributed by atoms with E-state index < -0.39 is 0 Å². The third-order valence-electron chi connectivity index (χ3n) is 3.60. The molecule has 0 heterocycles. The van der Waals surface area contributed by atoms with E-state index >= 15 is 0 Å². The van der Waals surface area contributed by atoms with E-state index in [0.717, 1.165) is 6.42 Å². The molecule has 0 saturated carbocycles. The van der Waals surface area contributed by atoms with Crippen LogP contribution < -0.4 is 10.6 Å². The van der Waals surface area contributed by atoms with E-state index in [9.17, 15) is 4.39 Å². The molecule has 2 N–H and O–H groups in total. The number of benzene rings is 2. The van der Waals surface area contributed by atoms with Crippen LogP contribution in [0.2, 0.25) is 0 Å². The number of rotatable bonds is 4. The van der Waals surface area contributed by atoms with Crippen molar-refractivity contribution in [3.63, 3.8) is 0 Å². The molecule has 2 rings (SSSR count). The Bertz CT molecular complexity index is 670. The Morgan fingerprint density at radius 1 is 1.18 bits per heavy atom. The molecule has 2 nitrogen and oxygen atoms in total. The molecule has 1 atom stereocenters. The van der Waals surface area contributed by atoms with Crippen molar-refractivity contribution < 1.29 is 4.39 Å². The van der Waals surface area contributed by atoms with Crippen molar-refractivity contribution in [3.8, 4) is 0 Å². The maximum absolute atomic E-state index is 13.2. The molecule has 0 radical (unpaired) electrons. The molecular formula is C18H21FN2S. The summed E-state index contributed by atoms with van der Waals surface area (Å²) in [5.74, 6) is -0.283. The minimum Gasteiger partial charge on any atom is -0.356 e. The Morgan fingerprint density at radius 2 is 1.95 bits per heavy atom. The van der Waals surface area contributed by atoms with Gasteiger partial charge in [-0.15, -0.1) is 0 Å². The van der Waals surface area contributed by atoms with Gasteiger partial charge in [0.05, 0.1) is 6.04 Å². The van der Waals surface area contributed by atoms with Gasteiger partial charge in [0.25, 0.3) is 0 Å². The SMILES string of the molecule is CC[C@H](NC(=S)Nc1cccc(F)c1)c1ccc(C)cc1C. The van der Waals surface area contributed by atoms with Gasteiger partial charge in [0.1, 0.15) is 5.82 Å². The molecule has 22 heavy (non-hydrogen) atoms. The average Bonchev–Trinajstić information content (AvgIpc) is 2.45. The molecular weight excluding hydrogens is 295 g/mol. The summed E-state index contributed by atoms with van der Waals surface area (Å²) in [5.41, 5.74) is 4.37. The molecule has 0 aliphatic carbocycles. The molecule has 0 saturated heterocycles. The first-order valence-corrected chi connectivity index (χ1v) is 7.80. The molecule has 0 bridgehead atoms. The highest BCUT2D eigenvalue weighted by molar-refractivity contribution is 7.80. The average molecular weight is 316 g/mol. The van der Waals surface area contributed by atoms with Crippen LogP contribution in [0.4, 0.5) is 10.1 Å². The summed E-state index contributed by atoms with van der Waals surface area (Å²) >= 11 is 5.35. The van der Waals surface area contributed by atoms with E-state index in [1.807, 2.05) is 0 Å². The smallest absolute Gasteiger partial charge is 0.171 e. The van der Waals surface area contributed by atoms with Gasteiger partial charge in [-0.25, -0.2) is 4.39 Å². The van der Waals surface area contributed by atoms with Gasteiger partial charge < -0.3 is 10.6 Å². The molecule has 116 valence electrons. The third kappa shape index (κ3) is 4.28. The standard InChI is InChI=1S/C18H21FN2S/c1-4-17(16-9-8-12(2)10-13(16)3)21-18(22)20-15-7-5-6-14(19)11-15/h5-11,17H,4H2,1-3H3,(H2,20,21,22)/t17-/m0/s1. The molecule has 0 spiro atoms. The van der Waals surface area contributed by atoms with Gasteiger partial charge in [-0.3, -0.25) is 0 Å². The number of anilines is 1. The fourth-order valence-corrected chi connectivity index (χ4v) is 2.77. The summed E-state index contributed by atoms with van der Waals surface area (Å²) in [4.78, 5) is 0. The monoisotopic (exact) mass is 316 g/mol. The van der Waals surface area contributed by atoms with Crippen LogP contribution in [0, 0.1) is 19.7 Å². The molecule has 0 aliphatic heterocycles. The normalized spacial score (nSPS) is 11.8. The topological polar surface area (TPSA) is 24.1 Å². The highest BCUT2D eigenvalue weighted by atomic mass is 32.1. The highest BCUT2D eigenvalue weighted by Crippen LogP contribution is 2.22. The molecule has 0 unspecified atom stereocenters. The lowest BCUT2D eigenvalue weighted by atomic mass is 9.98. The zero-order valence-corrected chi connectivity index (χ0v) is 13.9. The van der Waals surface area contributed by atoms with Crippen molar-refractivity contribution in [2.45, 2.75) is 33.2 Å². The maximum Gasteiger partial charge on any atom is 0.171 e. The maximum atomic E-state index is 13.2. The highest BCUT2D eigenvalue weighted by Gasteiger charge is 2.13. The van der Waals surface area contributed by atoms with E-state index in [-0.39, 0.29) is 11.9 Å². The van der Waals surface area contributed by atoms with Gasteiger partial charge in [-0.2, -0.15) is 0 Å². The van der Waals surface area contributed by atoms with Crippen LogP contribution in [0.25, 0.3) is 0 Å². The van der Waals surface area contributed by atoms with E-state index in [1.54, 1.807) is 12.1 Å². The number of nitrogens with one attached hydrogen (secondary N) is 2.